The zero-order chi connectivity index (χ0) is 12.7. The Hall–Kier alpha value is -0.520. The van der Waals surface area contributed by atoms with E-state index in [-0.39, 0.29) is 0 Å². The second kappa shape index (κ2) is 3.50. The van der Waals surface area contributed by atoms with Crippen LogP contribution in [0.5, 0.6) is 0 Å². The molecule has 15 heavy (non-hydrogen) atoms. The molecular weight excluding hydrogens is 278 g/mol. The normalized spacial score (nSPS) is 15.3. The highest BCUT2D eigenvalue weighted by Crippen LogP contribution is 2.33. The summed E-state index contributed by atoms with van der Waals surface area (Å²) in [5.74, 6) is 0. The van der Waals surface area contributed by atoms with Crippen molar-refractivity contribution in [3.8, 4) is 0 Å². The Kier molecular flexibility index (Phi) is 3.38. The number of sulfone groups is 2. The standard InChI is InChI=1S/C3F6O4S2/c4-2(5,6)14(10,11)1-15(12,13)3(7,8)9/q-1. The lowest BCUT2D eigenvalue weighted by Crippen LogP contribution is -2.32. The van der Waals surface area contributed by atoms with Crippen LogP contribution >= 0.6 is 0 Å². The second-order valence-electron chi connectivity index (χ2n) is 1.98. The van der Waals surface area contributed by atoms with Gasteiger partial charge in [-0.05, 0) is 0 Å². The van der Waals surface area contributed by atoms with E-state index < -0.39 is 35.8 Å². The summed E-state index contributed by atoms with van der Waals surface area (Å²) in [4.78, 5) is 0. The van der Waals surface area contributed by atoms with Gasteiger partial charge in [0.15, 0.2) is 0 Å². The van der Waals surface area contributed by atoms with Crippen molar-refractivity contribution < 1.29 is 43.2 Å². The minimum Gasteiger partial charge on any atom is -0.255 e. The predicted molar refractivity (Wildman–Crippen MR) is 33.2 cm³/mol. The van der Waals surface area contributed by atoms with Gasteiger partial charge >= 0.3 is 11.0 Å². The van der Waals surface area contributed by atoms with Crippen molar-refractivity contribution in [1.29, 1.82) is 0 Å². The van der Waals surface area contributed by atoms with Crippen molar-refractivity contribution in [3.63, 3.8) is 0 Å². The molecule has 0 saturated carbocycles. The van der Waals surface area contributed by atoms with Crippen LogP contribution in [0, 0.1) is 5.08 Å². The van der Waals surface area contributed by atoms with Gasteiger partial charge in [0.2, 0.25) is 0 Å². The molecule has 0 spiro atoms. The van der Waals surface area contributed by atoms with E-state index in [4.69, 9.17) is 0 Å². The number of hydrogen-bond acceptors (Lipinski definition) is 4. The molecule has 0 unspecified atom stereocenters. The lowest BCUT2D eigenvalue weighted by molar-refractivity contribution is -0.0446. The highest BCUT2D eigenvalue weighted by molar-refractivity contribution is 8.12. The summed E-state index contributed by atoms with van der Waals surface area (Å²) in [7, 11) is -13.2. The molecule has 4 nitrogen and oxygen atoms in total. The fraction of sp³-hybridized carbons (Fsp3) is 0.667. The largest absolute Gasteiger partial charge is 0.467 e. The maximum atomic E-state index is 11.5. The molecule has 0 fully saturated rings. The molecule has 0 aliphatic carbocycles. The van der Waals surface area contributed by atoms with Gasteiger partial charge in [-0.25, -0.2) is 0 Å². The smallest absolute Gasteiger partial charge is 0.255 e. The summed E-state index contributed by atoms with van der Waals surface area (Å²) < 4.78 is 109. The van der Waals surface area contributed by atoms with Crippen LogP contribution in [-0.4, -0.2) is 27.9 Å². The summed E-state index contributed by atoms with van der Waals surface area (Å²) in [6.45, 7) is 0. The van der Waals surface area contributed by atoms with E-state index in [1.54, 1.807) is 0 Å². The van der Waals surface area contributed by atoms with Crippen LogP contribution in [0.25, 0.3) is 0 Å². The van der Waals surface area contributed by atoms with E-state index in [1.165, 1.54) is 0 Å². The van der Waals surface area contributed by atoms with E-state index >= 15 is 0 Å². The summed E-state index contributed by atoms with van der Waals surface area (Å²) in [6.07, 6.45) is 0. The molecule has 0 aromatic heterocycles. The summed E-state index contributed by atoms with van der Waals surface area (Å²) in [5.41, 5.74) is -12.3. The molecule has 12 heteroatoms. The fourth-order valence-corrected chi connectivity index (χ4v) is 2.15. The van der Waals surface area contributed by atoms with Gasteiger partial charge in [-0.3, -0.25) is 16.8 Å². The number of alkyl halides is 6. The minimum atomic E-state index is -6.60. The molecule has 0 atom stereocenters. The number of hydrogen-bond donors (Lipinski definition) is 0. The van der Waals surface area contributed by atoms with Gasteiger partial charge < -0.3 is 0 Å². The van der Waals surface area contributed by atoms with Crippen molar-refractivity contribution >= 4 is 19.7 Å². The van der Waals surface area contributed by atoms with Gasteiger partial charge in [0.25, 0.3) is 0 Å². The van der Waals surface area contributed by atoms with Crippen molar-refractivity contribution in [1.82, 2.24) is 0 Å². The zero-order valence-corrected chi connectivity index (χ0v) is 7.85. The number of rotatable bonds is 2. The maximum absolute atomic E-state index is 11.5. The Morgan fingerprint density at radius 2 is 0.867 bits per heavy atom. The molecule has 0 saturated heterocycles. The van der Waals surface area contributed by atoms with Crippen LogP contribution in [0.2, 0.25) is 0 Å². The predicted octanol–water partition coefficient (Wildman–Crippen LogP) is 0.852. The minimum absolute atomic E-state index is 0.493. The van der Waals surface area contributed by atoms with Crippen molar-refractivity contribution in [3.05, 3.63) is 5.08 Å². The lowest BCUT2D eigenvalue weighted by atomic mass is 11.5. The molecule has 0 N–H and O–H groups in total. The van der Waals surface area contributed by atoms with Crippen LogP contribution < -0.4 is 0 Å². The quantitative estimate of drug-likeness (QED) is 0.554. The zero-order valence-electron chi connectivity index (χ0n) is 6.22. The van der Waals surface area contributed by atoms with Gasteiger partial charge in [0.1, 0.15) is 19.7 Å². The van der Waals surface area contributed by atoms with Crippen LogP contribution in [-0.2, 0) is 19.7 Å². The summed E-state index contributed by atoms with van der Waals surface area (Å²) in [6, 6.07) is 0. The van der Waals surface area contributed by atoms with E-state index in [0.29, 0.717) is 0 Å². The van der Waals surface area contributed by atoms with E-state index in [0.717, 1.165) is 0 Å². The monoisotopic (exact) mass is 278 g/mol. The van der Waals surface area contributed by atoms with Gasteiger partial charge in [0.05, 0.1) is 0 Å². The van der Waals surface area contributed by atoms with Gasteiger partial charge in [-0.1, -0.05) is 0 Å². The van der Waals surface area contributed by atoms with E-state index in [9.17, 15) is 43.2 Å². The van der Waals surface area contributed by atoms with Gasteiger partial charge in [0, 0.05) is 0 Å². The van der Waals surface area contributed by atoms with Crippen molar-refractivity contribution in [2.75, 3.05) is 0 Å². The van der Waals surface area contributed by atoms with E-state index in [1.807, 2.05) is 0 Å². The molecule has 0 rings (SSSR count). The first-order chi connectivity index (χ1) is 6.21. The third kappa shape index (κ3) is 3.22. The fourth-order valence-electron chi connectivity index (χ4n) is 0.239. The van der Waals surface area contributed by atoms with Crippen LogP contribution in [0.3, 0.4) is 0 Å². The first-order valence-electron chi connectivity index (χ1n) is 2.62. The average Bonchev–Trinajstić information content (AvgIpc) is 1.77. The molecule has 0 aromatic carbocycles. The third-order valence-corrected chi connectivity index (χ3v) is 3.80. The molecule has 0 bridgehead atoms. The lowest BCUT2D eigenvalue weighted by Gasteiger charge is -2.21. The van der Waals surface area contributed by atoms with Crippen LogP contribution in [0.4, 0.5) is 26.3 Å². The Bertz CT molecular complexity index is 382. The Morgan fingerprint density at radius 3 is 1.00 bits per heavy atom. The van der Waals surface area contributed by atoms with Crippen LogP contribution in [0.15, 0.2) is 0 Å². The number of halogens is 6. The Labute approximate surface area is 79.7 Å². The molecular formula is C3F6O4S2-. The SMILES string of the molecule is O=S(=O)([C-]S(=O)(=O)C(F)(F)F)C(F)(F)F. The van der Waals surface area contributed by atoms with E-state index in [2.05, 4.69) is 0 Å². The summed E-state index contributed by atoms with van der Waals surface area (Å²) in [5, 5.41) is -0.493. The second-order valence-corrected chi connectivity index (χ2v) is 5.59. The molecule has 0 amide bonds. The highest BCUT2D eigenvalue weighted by atomic mass is 32.3. The molecule has 1 radical (unpaired) electrons. The highest BCUT2D eigenvalue weighted by Gasteiger charge is 2.46. The molecule has 0 heterocycles. The Morgan fingerprint density at radius 1 is 0.667 bits per heavy atom. The first-order valence-corrected chi connectivity index (χ1v) is 5.58. The third-order valence-electron chi connectivity index (χ3n) is 0.829. The maximum Gasteiger partial charge on any atom is 0.467 e. The van der Waals surface area contributed by atoms with Crippen molar-refractivity contribution in [2.45, 2.75) is 11.0 Å². The molecule has 0 aromatic rings. The van der Waals surface area contributed by atoms with Gasteiger partial charge in [-0.15, -0.1) is 0 Å². The molecule has 0 aliphatic heterocycles. The topological polar surface area (TPSA) is 68.3 Å². The van der Waals surface area contributed by atoms with Crippen LogP contribution in [0.1, 0.15) is 0 Å². The molecule has 0 aliphatic rings. The van der Waals surface area contributed by atoms with Crippen molar-refractivity contribution in [2.24, 2.45) is 0 Å². The first kappa shape index (κ1) is 14.5. The Balaban J connectivity index is 5.28. The molecule has 91 valence electrons. The van der Waals surface area contributed by atoms with Gasteiger partial charge in [-0.2, -0.15) is 31.4 Å². The average molecular weight is 278 g/mol. The summed E-state index contributed by atoms with van der Waals surface area (Å²) >= 11 is 0.